The van der Waals surface area contributed by atoms with Gasteiger partial charge in [-0.25, -0.2) is 0 Å². The zero-order valence-electron chi connectivity index (χ0n) is 10.8. The molecule has 0 fully saturated rings. The first-order valence-corrected chi connectivity index (χ1v) is 6.62. The van der Waals surface area contributed by atoms with Crippen LogP contribution in [-0.4, -0.2) is 12.3 Å². The average molecular weight is 219 g/mol. The van der Waals surface area contributed by atoms with E-state index in [1.54, 1.807) is 5.57 Å². The van der Waals surface area contributed by atoms with Gasteiger partial charge < -0.3 is 0 Å². The summed E-state index contributed by atoms with van der Waals surface area (Å²) in [6.45, 7) is 5.30. The van der Waals surface area contributed by atoms with Crippen molar-refractivity contribution < 1.29 is 0 Å². The second-order valence-electron chi connectivity index (χ2n) is 4.72. The van der Waals surface area contributed by atoms with Gasteiger partial charge in [-0.15, -0.1) is 0 Å². The smallest absolute Gasteiger partial charge is 0.0395 e. The SMILES string of the molecule is CC1=CCCCCC1.CC1=NCCCC=C1. The molecule has 0 spiro atoms. The number of hydrogen-bond donors (Lipinski definition) is 0. The molecule has 0 N–H and O–H groups in total. The number of allylic oxidation sites excluding steroid dienone is 4. The van der Waals surface area contributed by atoms with E-state index >= 15 is 0 Å². The van der Waals surface area contributed by atoms with Crippen molar-refractivity contribution >= 4 is 5.71 Å². The van der Waals surface area contributed by atoms with Gasteiger partial charge in [0, 0.05) is 12.3 Å². The third-order valence-corrected chi connectivity index (χ3v) is 3.02. The van der Waals surface area contributed by atoms with E-state index in [1.807, 2.05) is 6.92 Å². The second-order valence-corrected chi connectivity index (χ2v) is 4.72. The molecular formula is C15H25N. The molecule has 0 aromatic carbocycles. The van der Waals surface area contributed by atoms with E-state index in [0.29, 0.717) is 0 Å². The molecule has 1 heteroatoms. The standard InChI is InChI=1S/C8H14.C7H11N/c1-8-6-4-2-3-5-7-8;1-7-5-3-2-4-6-8-7/h6H,2-5,7H2,1H3;3,5H,2,4,6H2,1H3. The zero-order chi connectivity index (χ0) is 11.6. The Morgan fingerprint density at radius 2 is 1.88 bits per heavy atom. The zero-order valence-corrected chi connectivity index (χ0v) is 10.8. The molecule has 0 amide bonds. The van der Waals surface area contributed by atoms with Crippen LogP contribution in [0.2, 0.25) is 0 Å². The minimum Gasteiger partial charge on any atom is -0.290 e. The molecule has 0 atom stereocenters. The first-order valence-electron chi connectivity index (χ1n) is 6.62. The molecule has 0 saturated heterocycles. The van der Waals surface area contributed by atoms with Crippen LogP contribution in [0.5, 0.6) is 0 Å². The maximum absolute atomic E-state index is 4.25. The van der Waals surface area contributed by atoms with E-state index in [2.05, 4.69) is 30.1 Å². The molecule has 0 aromatic heterocycles. The predicted octanol–water partition coefficient (Wildman–Crippen LogP) is 4.69. The van der Waals surface area contributed by atoms with Gasteiger partial charge in [0.25, 0.3) is 0 Å². The molecule has 0 saturated carbocycles. The van der Waals surface area contributed by atoms with Gasteiger partial charge >= 0.3 is 0 Å². The topological polar surface area (TPSA) is 12.4 Å². The van der Waals surface area contributed by atoms with E-state index < -0.39 is 0 Å². The summed E-state index contributed by atoms with van der Waals surface area (Å²) in [5, 5.41) is 0. The maximum Gasteiger partial charge on any atom is 0.0395 e. The Hall–Kier alpha value is -0.850. The van der Waals surface area contributed by atoms with E-state index in [0.717, 1.165) is 6.54 Å². The molecule has 0 radical (unpaired) electrons. The fraction of sp³-hybridized carbons (Fsp3) is 0.667. The number of aliphatic imine (C=N–C) groups is 1. The van der Waals surface area contributed by atoms with Gasteiger partial charge in [0.2, 0.25) is 0 Å². The average Bonchev–Trinajstić information content (AvgIpc) is 2.64. The van der Waals surface area contributed by atoms with Crippen LogP contribution < -0.4 is 0 Å². The summed E-state index contributed by atoms with van der Waals surface area (Å²) in [6.07, 6.45) is 16.0. The van der Waals surface area contributed by atoms with Crippen molar-refractivity contribution in [3.8, 4) is 0 Å². The molecule has 1 heterocycles. The quantitative estimate of drug-likeness (QED) is 0.524. The Kier molecular flexibility index (Phi) is 6.87. The molecule has 1 aliphatic heterocycles. The van der Waals surface area contributed by atoms with Crippen molar-refractivity contribution in [2.24, 2.45) is 4.99 Å². The third kappa shape index (κ3) is 6.60. The van der Waals surface area contributed by atoms with Crippen molar-refractivity contribution in [3.63, 3.8) is 0 Å². The van der Waals surface area contributed by atoms with E-state index in [4.69, 9.17) is 0 Å². The summed E-state index contributed by atoms with van der Waals surface area (Å²) >= 11 is 0. The lowest BCUT2D eigenvalue weighted by molar-refractivity contribution is 0.711. The number of nitrogens with zero attached hydrogens (tertiary/aromatic N) is 1. The third-order valence-electron chi connectivity index (χ3n) is 3.02. The summed E-state index contributed by atoms with van der Waals surface area (Å²) in [7, 11) is 0. The van der Waals surface area contributed by atoms with Crippen LogP contribution in [0.3, 0.4) is 0 Å². The molecule has 90 valence electrons. The Morgan fingerprint density at radius 3 is 2.75 bits per heavy atom. The molecule has 1 nitrogen and oxygen atoms in total. The molecule has 2 rings (SSSR count). The molecule has 2 aliphatic rings. The second kappa shape index (κ2) is 8.32. The van der Waals surface area contributed by atoms with Gasteiger partial charge in [-0.1, -0.05) is 24.1 Å². The minimum atomic E-state index is 1.01. The van der Waals surface area contributed by atoms with Crippen LogP contribution in [0.25, 0.3) is 0 Å². The van der Waals surface area contributed by atoms with Crippen LogP contribution in [0.15, 0.2) is 28.8 Å². The Labute approximate surface area is 100 Å². The fourth-order valence-corrected chi connectivity index (χ4v) is 1.95. The van der Waals surface area contributed by atoms with Crippen LogP contribution in [0, 0.1) is 0 Å². The van der Waals surface area contributed by atoms with Crippen molar-refractivity contribution in [1.29, 1.82) is 0 Å². The molecule has 0 unspecified atom stereocenters. The molecule has 1 aliphatic carbocycles. The van der Waals surface area contributed by atoms with Crippen molar-refractivity contribution in [2.45, 2.75) is 58.8 Å². The van der Waals surface area contributed by atoms with Crippen molar-refractivity contribution in [1.82, 2.24) is 0 Å². The van der Waals surface area contributed by atoms with Crippen LogP contribution in [0.4, 0.5) is 0 Å². The normalized spacial score (nSPS) is 20.9. The van der Waals surface area contributed by atoms with Crippen LogP contribution in [0.1, 0.15) is 58.8 Å². The summed E-state index contributed by atoms with van der Waals surface area (Å²) in [5.74, 6) is 0. The van der Waals surface area contributed by atoms with Gasteiger partial charge in [0.05, 0.1) is 0 Å². The summed E-state index contributed by atoms with van der Waals surface area (Å²) < 4.78 is 0. The highest BCUT2D eigenvalue weighted by molar-refractivity contribution is 5.92. The number of hydrogen-bond acceptors (Lipinski definition) is 1. The highest BCUT2D eigenvalue weighted by Crippen LogP contribution is 2.15. The highest BCUT2D eigenvalue weighted by Gasteiger charge is 1.95. The molecule has 0 bridgehead atoms. The highest BCUT2D eigenvalue weighted by atomic mass is 14.7. The lowest BCUT2D eigenvalue weighted by atomic mass is 10.2. The largest absolute Gasteiger partial charge is 0.290 e. The van der Waals surface area contributed by atoms with E-state index in [1.165, 1.54) is 50.7 Å². The van der Waals surface area contributed by atoms with Gasteiger partial charge in [-0.2, -0.15) is 0 Å². The lowest BCUT2D eigenvalue weighted by Gasteiger charge is -1.91. The summed E-state index contributed by atoms with van der Waals surface area (Å²) in [5.41, 5.74) is 2.77. The monoisotopic (exact) mass is 219 g/mol. The van der Waals surface area contributed by atoms with Gasteiger partial charge in [-0.05, 0) is 58.4 Å². The molecular weight excluding hydrogens is 194 g/mol. The van der Waals surface area contributed by atoms with E-state index in [-0.39, 0.29) is 0 Å². The van der Waals surface area contributed by atoms with Crippen molar-refractivity contribution in [2.75, 3.05) is 6.54 Å². The van der Waals surface area contributed by atoms with E-state index in [9.17, 15) is 0 Å². The van der Waals surface area contributed by atoms with Gasteiger partial charge in [-0.3, -0.25) is 4.99 Å². The Morgan fingerprint density at radius 1 is 1.00 bits per heavy atom. The predicted molar refractivity (Wildman–Crippen MR) is 73.2 cm³/mol. The number of rotatable bonds is 0. The van der Waals surface area contributed by atoms with Crippen LogP contribution >= 0.6 is 0 Å². The maximum atomic E-state index is 4.25. The summed E-state index contributed by atoms with van der Waals surface area (Å²) in [6, 6.07) is 0. The summed E-state index contributed by atoms with van der Waals surface area (Å²) in [4.78, 5) is 4.25. The van der Waals surface area contributed by atoms with Crippen molar-refractivity contribution in [3.05, 3.63) is 23.8 Å². The Bertz CT molecular complexity index is 271. The lowest BCUT2D eigenvalue weighted by Crippen LogP contribution is -1.83. The van der Waals surface area contributed by atoms with Gasteiger partial charge in [0.1, 0.15) is 0 Å². The molecule has 16 heavy (non-hydrogen) atoms. The van der Waals surface area contributed by atoms with Crippen LogP contribution in [-0.2, 0) is 0 Å². The molecule has 0 aromatic rings. The fourth-order valence-electron chi connectivity index (χ4n) is 1.95. The minimum absolute atomic E-state index is 1.01. The Balaban J connectivity index is 0.000000160. The first kappa shape index (κ1) is 13.2. The van der Waals surface area contributed by atoms with Gasteiger partial charge in [0.15, 0.2) is 0 Å². The first-order chi connectivity index (χ1) is 7.79.